The summed E-state index contributed by atoms with van der Waals surface area (Å²) in [5, 5.41) is 3.01. The smallest absolute Gasteiger partial charge is 0.227 e. The molecule has 0 fully saturated rings. The molecule has 2 heterocycles. The predicted molar refractivity (Wildman–Crippen MR) is 68.2 cm³/mol. The van der Waals surface area contributed by atoms with Crippen LogP contribution >= 0.6 is 11.3 Å². The van der Waals surface area contributed by atoms with E-state index in [9.17, 15) is 4.79 Å². The monoisotopic (exact) mass is 241 g/mol. The minimum absolute atomic E-state index is 0.0229. The van der Waals surface area contributed by atoms with E-state index in [1.807, 2.05) is 29.6 Å². The Morgan fingerprint density at radius 3 is 3.00 bits per heavy atom. The fourth-order valence-corrected chi connectivity index (χ4v) is 2.40. The molecule has 0 unspecified atom stereocenters. The van der Waals surface area contributed by atoms with Gasteiger partial charge in [-0.2, -0.15) is 0 Å². The maximum atomic E-state index is 11.4. The van der Waals surface area contributed by atoms with Crippen molar-refractivity contribution in [1.29, 1.82) is 0 Å². The molecule has 0 N–H and O–H groups in total. The fourth-order valence-electron chi connectivity index (χ4n) is 1.89. The number of aromatic nitrogens is 2. The summed E-state index contributed by atoms with van der Waals surface area (Å²) in [6.45, 7) is 1.56. The van der Waals surface area contributed by atoms with Crippen LogP contribution in [0, 0.1) is 5.51 Å². The molecule has 0 bridgehead atoms. The zero-order chi connectivity index (χ0) is 11.8. The van der Waals surface area contributed by atoms with Crippen molar-refractivity contribution in [2.45, 2.75) is 6.92 Å². The highest BCUT2D eigenvalue weighted by Crippen LogP contribution is 2.24. The number of hydrogen-bond donors (Lipinski definition) is 0. The lowest BCUT2D eigenvalue weighted by molar-refractivity contribution is 0.0941. The van der Waals surface area contributed by atoms with Gasteiger partial charge in [0.15, 0.2) is 5.51 Å². The lowest BCUT2D eigenvalue weighted by atomic mass is 10.1. The van der Waals surface area contributed by atoms with Crippen LogP contribution in [-0.2, 0) is 0 Å². The van der Waals surface area contributed by atoms with Crippen LogP contribution in [0.1, 0.15) is 11.7 Å². The first kappa shape index (κ1) is 10.2. The topological polar surface area (TPSA) is 34.9 Å². The van der Waals surface area contributed by atoms with Crippen molar-refractivity contribution >= 4 is 28.1 Å². The molecule has 0 aliphatic carbocycles. The van der Waals surface area contributed by atoms with Gasteiger partial charge in [-0.25, -0.2) is 4.98 Å². The number of rotatable bonds is 1. The maximum absolute atomic E-state index is 11.4. The van der Waals surface area contributed by atoms with Crippen molar-refractivity contribution in [3.63, 3.8) is 0 Å². The summed E-state index contributed by atoms with van der Waals surface area (Å²) in [5.41, 5.74) is 5.74. The van der Waals surface area contributed by atoms with E-state index in [4.69, 9.17) is 0 Å². The van der Waals surface area contributed by atoms with Crippen LogP contribution in [-0.4, -0.2) is 15.5 Å². The molecule has 0 saturated carbocycles. The number of carbonyl (C=O) groups is 1. The molecule has 3 nitrogen and oxygen atoms in total. The Bertz CT molecular complexity index is 683. The molecule has 0 aliphatic rings. The Morgan fingerprint density at radius 1 is 1.41 bits per heavy atom. The van der Waals surface area contributed by atoms with Crippen LogP contribution in [0.4, 0.5) is 0 Å². The molecule has 3 aromatic rings. The predicted octanol–water partition coefficient (Wildman–Crippen LogP) is 3.23. The number of nitrogens with zero attached hydrogens (tertiary/aromatic N) is 2. The van der Waals surface area contributed by atoms with Crippen LogP contribution in [0.25, 0.3) is 22.2 Å². The van der Waals surface area contributed by atoms with Gasteiger partial charge < -0.3 is 0 Å². The molecule has 1 aromatic carbocycles. The highest BCUT2D eigenvalue weighted by atomic mass is 32.1. The maximum Gasteiger partial charge on any atom is 0.227 e. The summed E-state index contributed by atoms with van der Waals surface area (Å²) in [5.74, 6) is 0.0229. The van der Waals surface area contributed by atoms with E-state index in [2.05, 4.69) is 10.5 Å². The Labute approximate surface area is 102 Å². The Kier molecular flexibility index (Phi) is 2.30. The summed E-state index contributed by atoms with van der Waals surface area (Å²) in [4.78, 5) is 15.5. The molecule has 0 spiro atoms. The lowest BCUT2D eigenvalue weighted by Gasteiger charge is -2.01. The third-order valence-corrected chi connectivity index (χ3v) is 3.25. The highest BCUT2D eigenvalue weighted by Gasteiger charge is 2.06. The van der Waals surface area contributed by atoms with Crippen molar-refractivity contribution in [3.8, 4) is 11.3 Å². The summed E-state index contributed by atoms with van der Waals surface area (Å²) >= 11 is 1.45. The third-order valence-electron chi connectivity index (χ3n) is 2.71. The lowest BCUT2D eigenvalue weighted by Crippen LogP contribution is -2.02. The molecule has 2 aromatic heterocycles. The van der Waals surface area contributed by atoms with Gasteiger partial charge in [-0.05, 0) is 18.2 Å². The van der Waals surface area contributed by atoms with E-state index < -0.39 is 0 Å². The molecule has 3 rings (SSSR count). The van der Waals surface area contributed by atoms with Crippen LogP contribution < -0.4 is 0 Å². The van der Waals surface area contributed by atoms with Gasteiger partial charge in [-0.15, -0.1) is 11.3 Å². The van der Waals surface area contributed by atoms with E-state index in [0.717, 1.165) is 22.2 Å². The molecule has 83 valence electrons. The van der Waals surface area contributed by atoms with Gasteiger partial charge in [0.05, 0.1) is 11.2 Å². The molecule has 4 heteroatoms. The Balaban J connectivity index is 2.18. The van der Waals surface area contributed by atoms with Crippen molar-refractivity contribution in [2.24, 2.45) is 0 Å². The average molecular weight is 241 g/mol. The minimum Gasteiger partial charge on any atom is -0.287 e. The number of fused-ring (bicyclic) bond motifs is 1. The summed E-state index contributed by atoms with van der Waals surface area (Å²) < 4.78 is 1.65. The Hall–Kier alpha value is -1.94. The molecule has 0 saturated heterocycles. The van der Waals surface area contributed by atoms with Gasteiger partial charge in [0.2, 0.25) is 5.91 Å². The van der Waals surface area contributed by atoms with Crippen molar-refractivity contribution in [2.75, 3.05) is 0 Å². The molecular formula is C13H9N2OS. The minimum atomic E-state index is 0.0229. The number of carbonyl (C=O) groups excluding carboxylic acids is 1. The average Bonchev–Trinajstić information content (AvgIpc) is 2.97. The van der Waals surface area contributed by atoms with Crippen LogP contribution in [0.2, 0.25) is 0 Å². The number of thiazole rings is 1. The van der Waals surface area contributed by atoms with Gasteiger partial charge in [0.1, 0.15) is 0 Å². The third kappa shape index (κ3) is 1.66. The van der Waals surface area contributed by atoms with Crippen LogP contribution in [0.15, 0.2) is 35.8 Å². The first-order valence-corrected chi connectivity index (χ1v) is 6.07. The van der Waals surface area contributed by atoms with Gasteiger partial charge in [0, 0.05) is 29.5 Å². The summed E-state index contributed by atoms with van der Waals surface area (Å²) in [7, 11) is 0. The van der Waals surface area contributed by atoms with Crippen molar-refractivity contribution in [3.05, 3.63) is 41.4 Å². The molecule has 17 heavy (non-hydrogen) atoms. The van der Waals surface area contributed by atoms with E-state index >= 15 is 0 Å². The van der Waals surface area contributed by atoms with E-state index in [1.165, 1.54) is 11.3 Å². The second-order valence-corrected chi connectivity index (χ2v) is 4.46. The largest absolute Gasteiger partial charge is 0.287 e. The van der Waals surface area contributed by atoms with Crippen molar-refractivity contribution < 1.29 is 4.79 Å². The molecule has 0 amide bonds. The molecule has 0 aliphatic heterocycles. The van der Waals surface area contributed by atoms with Crippen LogP contribution in [0.3, 0.4) is 0 Å². The second-order valence-electron chi connectivity index (χ2n) is 3.80. The standard InChI is InChI=1S/C13H9N2OS/c1-9(16)15-5-4-11-6-10(2-3-13(11)15)12-7-17-8-14-12/h2-7H,1H3. The quantitative estimate of drug-likeness (QED) is 0.655. The van der Waals surface area contributed by atoms with Gasteiger partial charge >= 0.3 is 0 Å². The molecule has 1 radical (unpaired) electrons. The Morgan fingerprint density at radius 2 is 2.29 bits per heavy atom. The number of hydrogen-bond acceptors (Lipinski definition) is 3. The van der Waals surface area contributed by atoms with Crippen LogP contribution in [0.5, 0.6) is 0 Å². The molecule has 0 atom stereocenters. The second kappa shape index (κ2) is 3.82. The SMILES string of the molecule is CC(=O)n1ccc2cc(-c3cs[c]n3)ccc21. The highest BCUT2D eigenvalue weighted by molar-refractivity contribution is 7.07. The van der Waals surface area contributed by atoms with Gasteiger partial charge in [0.25, 0.3) is 0 Å². The zero-order valence-electron chi connectivity index (χ0n) is 9.18. The van der Waals surface area contributed by atoms with E-state index in [1.54, 1.807) is 17.7 Å². The zero-order valence-corrected chi connectivity index (χ0v) is 9.99. The van der Waals surface area contributed by atoms with Crippen molar-refractivity contribution in [1.82, 2.24) is 9.55 Å². The van der Waals surface area contributed by atoms with E-state index in [0.29, 0.717) is 0 Å². The first-order chi connectivity index (χ1) is 8.25. The van der Waals surface area contributed by atoms with Gasteiger partial charge in [-0.1, -0.05) is 6.07 Å². The van der Waals surface area contributed by atoms with Gasteiger partial charge in [-0.3, -0.25) is 9.36 Å². The first-order valence-electron chi connectivity index (χ1n) is 5.20. The summed E-state index contributed by atoms with van der Waals surface area (Å²) in [6, 6.07) is 7.91. The number of benzene rings is 1. The van der Waals surface area contributed by atoms with E-state index in [-0.39, 0.29) is 5.91 Å². The fraction of sp³-hybridized carbons (Fsp3) is 0.0769. The summed E-state index contributed by atoms with van der Waals surface area (Å²) in [6.07, 6.45) is 1.80. The molecular weight excluding hydrogens is 232 g/mol. The normalized spacial score (nSPS) is 10.9.